The average molecular weight is 280 g/mol. The molecule has 5 nitrogen and oxygen atoms in total. The number of rotatable bonds is 4. The fraction of sp³-hybridized carbons (Fsp3) is 0.500. The molecule has 2 amide bonds. The van der Waals surface area contributed by atoms with Gasteiger partial charge in [-0.2, -0.15) is 0 Å². The molecule has 0 spiro atoms. The minimum absolute atomic E-state index is 0.225. The first-order valence-electron chi connectivity index (χ1n) is 6.93. The zero-order valence-corrected chi connectivity index (χ0v) is 11.5. The van der Waals surface area contributed by atoms with Crippen LogP contribution in [0.1, 0.15) is 6.42 Å². The Kier molecular flexibility index (Phi) is 5.31. The van der Waals surface area contributed by atoms with E-state index in [2.05, 4.69) is 10.2 Å². The molecule has 3 N–H and O–H groups in total. The van der Waals surface area contributed by atoms with Crippen LogP contribution in [-0.4, -0.2) is 55.1 Å². The van der Waals surface area contributed by atoms with Crippen molar-refractivity contribution < 1.29 is 9.18 Å². The molecule has 6 heteroatoms. The number of benzene rings is 1. The summed E-state index contributed by atoms with van der Waals surface area (Å²) >= 11 is 0. The van der Waals surface area contributed by atoms with Crippen LogP contribution in [0.3, 0.4) is 0 Å². The molecular weight excluding hydrogens is 259 g/mol. The Morgan fingerprint density at radius 2 is 1.95 bits per heavy atom. The minimum atomic E-state index is -0.414. The third kappa shape index (κ3) is 3.91. The Bertz CT molecular complexity index is 447. The normalized spacial score (nSPS) is 16.2. The number of urea groups is 1. The summed E-state index contributed by atoms with van der Waals surface area (Å²) in [7, 11) is 0. The molecule has 0 saturated carbocycles. The molecule has 1 saturated heterocycles. The molecule has 110 valence electrons. The van der Waals surface area contributed by atoms with Crippen molar-refractivity contribution in [2.24, 2.45) is 5.73 Å². The van der Waals surface area contributed by atoms with Crippen molar-refractivity contribution in [1.29, 1.82) is 0 Å². The SMILES string of the molecule is NCCCN1CCN(C(=O)Nc2ccccc2F)CC1. The summed E-state index contributed by atoms with van der Waals surface area (Å²) in [6, 6.07) is 5.95. The number of carbonyl (C=O) groups excluding carboxylic acids is 1. The lowest BCUT2D eigenvalue weighted by molar-refractivity contribution is 0.147. The molecule has 20 heavy (non-hydrogen) atoms. The second-order valence-electron chi connectivity index (χ2n) is 4.88. The number of hydrogen-bond acceptors (Lipinski definition) is 3. The zero-order chi connectivity index (χ0) is 14.4. The molecule has 0 aromatic heterocycles. The Morgan fingerprint density at radius 1 is 1.25 bits per heavy atom. The third-order valence-corrected chi connectivity index (χ3v) is 3.45. The Morgan fingerprint density at radius 3 is 2.60 bits per heavy atom. The molecule has 0 bridgehead atoms. The van der Waals surface area contributed by atoms with Crippen LogP contribution in [-0.2, 0) is 0 Å². The quantitative estimate of drug-likeness (QED) is 0.874. The molecule has 2 rings (SSSR count). The number of amides is 2. The summed E-state index contributed by atoms with van der Waals surface area (Å²) in [5, 5.41) is 2.61. The lowest BCUT2D eigenvalue weighted by Gasteiger charge is -2.34. The number of anilines is 1. The Hall–Kier alpha value is -1.66. The fourth-order valence-corrected chi connectivity index (χ4v) is 2.25. The van der Waals surface area contributed by atoms with Crippen molar-refractivity contribution in [3.05, 3.63) is 30.1 Å². The number of nitrogens with one attached hydrogen (secondary N) is 1. The molecular formula is C14H21FN4O. The first-order valence-corrected chi connectivity index (χ1v) is 6.93. The minimum Gasteiger partial charge on any atom is -0.330 e. The van der Waals surface area contributed by atoms with E-state index in [-0.39, 0.29) is 11.7 Å². The van der Waals surface area contributed by atoms with Crippen molar-refractivity contribution in [2.75, 3.05) is 44.6 Å². The van der Waals surface area contributed by atoms with Crippen LogP contribution in [0.25, 0.3) is 0 Å². The van der Waals surface area contributed by atoms with E-state index in [4.69, 9.17) is 5.73 Å². The maximum absolute atomic E-state index is 13.5. The van der Waals surface area contributed by atoms with Gasteiger partial charge < -0.3 is 16.0 Å². The van der Waals surface area contributed by atoms with E-state index in [1.54, 1.807) is 23.1 Å². The predicted molar refractivity (Wildman–Crippen MR) is 77.1 cm³/mol. The maximum Gasteiger partial charge on any atom is 0.322 e. The van der Waals surface area contributed by atoms with Crippen LogP contribution < -0.4 is 11.1 Å². The summed E-state index contributed by atoms with van der Waals surface area (Å²) in [5.41, 5.74) is 5.71. The fourth-order valence-electron chi connectivity index (χ4n) is 2.25. The number of hydrogen-bond donors (Lipinski definition) is 2. The Labute approximate surface area is 118 Å². The third-order valence-electron chi connectivity index (χ3n) is 3.45. The molecule has 1 heterocycles. The summed E-state index contributed by atoms with van der Waals surface area (Å²) in [4.78, 5) is 16.1. The summed E-state index contributed by atoms with van der Waals surface area (Å²) in [6.07, 6.45) is 0.974. The van der Waals surface area contributed by atoms with E-state index in [9.17, 15) is 9.18 Å². The van der Waals surface area contributed by atoms with Gasteiger partial charge >= 0.3 is 6.03 Å². The second-order valence-corrected chi connectivity index (χ2v) is 4.88. The van der Waals surface area contributed by atoms with Gasteiger partial charge in [0.15, 0.2) is 0 Å². The van der Waals surface area contributed by atoms with Crippen LogP contribution in [0.4, 0.5) is 14.9 Å². The van der Waals surface area contributed by atoms with E-state index < -0.39 is 5.82 Å². The van der Waals surface area contributed by atoms with Crippen molar-refractivity contribution in [3.8, 4) is 0 Å². The molecule has 1 aliphatic rings. The molecule has 0 unspecified atom stereocenters. The van der Waals surface area contributed by atoms with Gasteiger partial charge in [0.25, 0.3) is 0 Å². The highest BCUT2D eigenvalue weighted by molar-refractivity contribution is 5.89. The lowest BCUT2D eigenvalue weighted by Crippen LogP contribution is -2.50. The van der Waals surface area contributed by atoms with Gasteiger partial charge in [0.05, 0.1) is 5.69 Å². The van der Waals surface area contributed by atoms with Crippen LogP contribution in [0.2, 0.25) is 0 Å². The van der Waals surface area contributed by atoms with Gasteiger partial charge in [-0.15, -0.1) is 0 Å². The monoisotopic (exact) mass is 280 g/mol. The average Bonchev–Trinajstić information content (AvgIpc) is 2.48. The van der Waals surface area contributed by atoms with Crippen molar-refractivity contribution in [2.45, 2.75) is 6.42 Å². The van der Waals surface area contributed by atoms with E-state index in [1.807, 2.05) is 0 Å². The van der Waals surface area contributed by atoms with Crippen molar-refractivity contribution in [1.82, 2.24) is 9.80 Å². The van der Waals surface area contributed by atoms with Crippen molar-refractivity contribution >= 4 is 11.7 Å². The zero-order valence-electron chi connectivity index (χ0n) is 11.5. The van der Waals surface area contributed by atoms with Crippen LogP contribution in [0.15, 0.2) is 24.3 Å². The van der Waals surface area contributed by atoms with Gasteiger partial charge in [-0.1, -0.05) is 12.1 Å². The van der Waals surface area contributed by atoms with Gasteiger partial charge in [-0.3, -0.25) is 4.90 Å². The van der Waals surface area contributed by atoms with Gasteiger partial charge in [0.2, 0.25) is 0 Å². The lowest BCUT2D eigenvalue weighted by atomic mass is 10.3. The Balaban J connectivity index is 1.82. The van der Waals surface area contributed by atoms with E-state index in [0.717, 1.165) is 26.1 Å². The van der Waals surface area contributed by atoms with Gasteiger partial charge in [-0.25, -0.2) is 9.18 Å². The predicted octanol–water partition coefficient (Wildman–Crippen LogP) is 1.32. The number of nitrogens with zero attached hydrogens (tertiary/aromatic N) is 2. The molecule has 0 atom stereocenters. The molecule has 0 radical (unpaired) electrons. The summed E-state index contributed by atoms with van der Waals surface area (Å²) < 4.78 is 13.5. The number of nitrogens with two attached hydrogens (primary N) is 1. The maximum atomic E-state index is 13.5. The molecule has 1 fully saturated rings. The molecule has 0 aliphatic carbocycles. The smallest absolute Gasteiger partial charge is 0.322 e. The van der Waals surface area contributed by atoms with Gasteiger partial charge in [0.1, 0.15) is 5.82 Å². The number of halogens is 1. The largest absolute Gasteiger partial charge is 0.330 e. The summed E-state index contributed by atoms with van der Waals surface area (Å²) in [5.74, 6) is -0.414. The first-order chi connectivity index (χ1) is 9.70. The highest BCUT2D eigenvalue weighted by atomic mass is 19.1. The second kappa shape index (κ2) is 7.21. The molecule has 1 aromatic rings. The van der Waals surface area contributed by atoms with Crippen LogP contribution >= 0.6 is 0 Å². The van der Waals surface area contributed by atoms with E-state index in [0.29, 0.717) is 19.6 Å². The van der Waals surface area contributed by atoms with Gasteiger partial charge in [0, 0.05) is 26.2 Å². The highest BCUT2D eigenvalue weighted by Gasteiger charge is 2.21. The number of para-hydroxylation sites is 1. The highest BCUT2D eigenvalue weighted by Crippen LogP contribution is 2.13. The molecule has 1 aromatic carbocycles. The van der Waals surface area contributed by atoms with Crippen molar-refractivity contribution in [3.63, 3.8) is 0 Å². The van der Waals surface area contributed by atoms with E-state index >= 15 is 0 Å². The number of carbonyl (C=O) groups is 1. The molecule has 1 aliphatic heterocycles. The standard InChI is InChI=1S/C14H21FN4O/c15-12-4-1-2-5-13(12)17-14(20)19-10-8-18(9-11-19)7-3-6-16/h1-2,4-5H,3,6-11,16H2,(H,17,20). The summed E-state index contributed by atoms with van der Waals surface area (Å²) in [6.45, 7) is 4.65. The first kappa shape index (κ1) is 14.7. The van der Waals surface area contributed by atoms with E-state index in [1.165, 1.54) is 6.07 Å². The topological polar surface area (TPSA) is 61.6 Å². The number of piperazine rings is 1. The van der Waals surface area contributed by atoms with Crippen LogP contribution in [0, 0.1) is 5.82 Å². The van der Waals surface area contributed by atoms with Gasteiger partial charge in [-0.05, 0) is 31.6 Å². The van der Waals surface area contributed by atoms with Crippen LogP contribution in [0.5, 0.6) is 0 Å².